The molecule has 1 atom stereocenters. The van der Waals surface area contributed by atoms with Gasteiger partial charge in [0.2, 0.25) is 0 Å². The summed E-state index contributed by atoms with van der Waals surface area (Å²) in [6.45, 7) is 1.49. The van der Waals surface area contributed by atoms with Crippen molar-refractivity contribution in [3.8, 4) is 0 Å². The van der Waals surface area contributed by atoms with Crippen molar-refractivity contribution < 1.29 is 9.50 Å². The molecule has 0 saturated carbocycles. The number of benzene rings is 1. The van der Waals surface area contributed by atoms with Gasteiger partial charge in [0.05, 0.1) is 16.9 Å². The van der Waals surface area contributed by atoms with Crippen molar-refractivity contribution >= 4 is 23.2 Å². The molecule has 0 radical (unpaired) electrons. The van der Waals surface area contributed by atoms with Crippen LogP contribution >= 0.6 is 23.2 Å². The summed E-state index contributed by atoms with van der Waals surface area (Å²) in [6.07, 6.45) is 1.39. The van der Waals surface area contributed by atoms with Crippen LogP contribution in [0.25, 0.3) is 0 Å². The van der Waals surface area contributed by atoms with E-state index in [2.05, 4.69) is 10.3 Å². The average molecular weight is 290 g/mol. The normalized spacial score (nSPS) is 14.6. The molecule has 2 rings (SSSR count). The number of aliphatic hydroxyl groups is 1. The van der Waals surface area contributed by atoms with E-state index in [0.717, 1.165) is 6.07 Å². The molecule has 4 nitrogen and oxygen atoms in total. The molecule has 0 amide bonds. The largest absolute Gasteiger partial charge is 0.379 e. The first-order valence-electron chi connectivity index (χ1n) is 5.06. The van der Waals surface area contributed by atoms with Crippen LogP contribution in [0.15, 0.2) is 18.3 Å². The molecule has 18 heavy (non-hydrogen) atoms. The van der Waals surface area contributed by atoms with Crippen LogP contribution in [0.3, 0.4) is 0 Å². The van der Waals surface area contributed by atoms with Gasteiger partial charge in [0.1, 0.15) is 11.4 Å². The Hall–Kier alpha value is -1.17. The first-order valence-corrected chi connectivity index (χ1v) is 5.82. The molecule has 0 aliphatic rings. The second-order valence-corrected chi connectivity index (χ2v) is 4.88. The van der Waals surface area contributed by atoms with Crippen molar-refractivity contribution in [3.63, 3.8) is 0 Å². The minimum atomic E-state index is -1.51. The number of hydrogen-bond acceptors (Lipinski definition) is 3. The molecule has 0 spiro atoms. The maximum Gasteiger partial charge on any atom is 0.142 e. The van der Waals surface area contributed by atoms with Crippen LogP contribution < -0.4 is 0 Å². The van der Waals surface area contributed by atoms with E-state index in [1.54, 1.807) is 7.05 Å². The predicted molar refractivity (Wildman–Crippen MR) is 66.1 cm³/mol. The SMILES string of the molecule is Cn1nncc1C(C)(O)c1cc(F)c(Cl)cc1Cl. The highest BCUT2D eigenvalue weighted by atomic mass is 35.5. The van der Waals surface area contributed by atoms with Gasteiger partial charge in [-0.3, -0.25) is 0 Å². The molecule has 1 N–H and O–H groups in total. The number of aryl methyl sites for hydroxylation is 1. The molecule has 96 valence electrons. The minimum Gasteiger partial charge on any atom is -0.379 e. The van der Waals surface area contributed by atoms with Crippen molar-refractivity contribution in [2.45, 2.75) is 12.5 Å². The highest BCUT2D eigenvalue weighted by Crippen LogP contribution is 2.35. The molecule has 0 fully saturated rings. The Morgan fingerprint density at radius 1 is 1.33 bits per heavy atom. The van der Waals surface area contributed by atoms with Gasteiger partial charge in [0.15, 0.2) is 0 Å². The summed E-state index contributed by atoms with van der Waals surface area (Å²) in [5.74, 6) is -0.647. The predicted octanol–water partition coefficient (Wildman–Crippen LogP) is 2.52. The maximum absolute atomic E-state index is 13.5. The third kappa shape index (κ3) is 2.09. The summed E-state index contributed by atoms with van der Waals surface area (Å²) in [5, 5.41) is 18.0. The maximum atomic E-state index is 13.5. The lowest BCUT2D eigenvalue weighted by atomic mass is 9.92. The molecule has 0 aliphatic carbocycles. The van der Waals surface area contributed by atoms with Crippen molar-refractivity contribution in [1.29, 1.82) is 0 Å². The van der Waals surface area contributed by atoms with Crippen molar-refractivity contribution in [2.24, 2.45) is 7.05 Å². The topological polar surface area (TPSA) is 50.9 Å². The summed E-state index contributed by atoms with van der Waals surface area (Å²) >= 11 is 11.6. The van der Waals surface area contributed by atoms with Crippen molar-refractivity contribution in [1.82, 2.24) is 15.0 Å². The van der Waals surface area contributed by atoms with Gasteiger partial charge in [-0.1, -0.05) is 28.4 Å². The minimum absolute atomic E-state index is 0.0947. The zero-order valence-corrected chi connectivity index (χ0v) is 11.2. The van der Waals surface area contributed by atoms with E-state index in [-0.39, 0.29) is 15.6 Å². The average Bonchev–Trinajstić information content (AvgIpc) is 2.70. The highest BCUT2D eigenvalue weighted by Gasteiger charge is 2.32. The molecule has 1 aromatic carbocycles. The van der Waals surface area contributed by atoms with Crippen LogP contribution in [0, 0.1) is 5.82 Å². The Labute approximate surface area is 113 Å². The third-order valence-electron chi connectivity index (χ3n) is 2.75. The monoisotopic (exact) mass is 289 g/mol. The summed E-state index contributed by atoms with van der Waals surface area (Å²) in [6, 6.07) is 2.36. The van der Waals surface area contributed by atoms with Gasteiger partial charge in [-0.2, -0.15) is 0 Å². The van der Waals surface area contributed by atoms with Crippen LogP contribution in [-0.4, -0.2) is 20.1 Å². The number of nitrogens with zero attached hydrogens (tertiary/aromatic N) is 3. The van der Waals surface area contributed by atoms with Gasteiger partial charge in [-0.05, 0) is 19.1 Å². The van der Waals surface area contributed by atoms with Gasteiger partial charge >= 0.3 is 0 Å². The van der Waals surface area contributed by atoms with Crippen LogP contribution in [0.5, 0.6) is 0 Å². The van der Waals surface area contributed by atoms with E-state index in [1.165, 1.54) is 23.9 Å². The zero-order chi connectivity index (χ0) is 13.5. The standard InChI is InChI=1S/C11H10Cl2FN3O/c1-11(18,10-5-15-16-17(10)2)6-3-9(14)8(13)4-7(6)12/h3-5,18H,1-2H3. The van der Waals surface area contributed by atoms with Gasteiger partial charge in [-0.15, -0.1) is 5.10 Å². The lowest BCUT2D eigenvalue weighted by Gasteiger charge is -2.24. The molecule has 0 bridgehead atoms. The molecule has 7 heteroatoms. The van der Waals surface area contributed by atoms with E-state index in [4.69, 9.17) is 23.2 Å². The summed E-state index contributed by atoms with van der Waals surface area (Å²) in [7, 11) is 1.62. The number of halogens is 3. The number of rotatable bonds is 2. The number of aromatic nitrogens is 3. The molecular weight excluding hydrogens is 280 g/mol. The molecular formula is C11H10Cl2FN3O. The molecule has 1 heterocycles. The van der Waals surface area contributed by atoms with E-state index >= 15 is 0 Å². The van der Waals surface area contributed by atoms with Crippen molar-refractivity contribution in [2.75, 3.05) is 0 Å². The fourth-order valence-electron chi connectivity index (χ4n) is 1.76. The lowest BCUT2D eigenvalue weighted by molar-refractivity contribution is 0.0926. The highest BCUT2D eigenvalue weighted by molar-refractivity contribution is 6.35. The summed E-state index contributed by atoms with van der Waals surface area (Å²) < 4.78 is 14.9. The van der Waals surface area contributed by atoms with Gasteiger partial charge in [-0.25, -0.2) is 9.07 Å². The molecule has 1 unspecified atom stereocenters. The van der Waals surface area contributed by atoms with E-state index in [9.17, 15) is 9.50 Å². The van der Waals surface area contributed by atoms with E-state index < -0.39 is 11.4 Å². The third-order valence-corrected chi connectivity index (χ3v) is 3.35. The Bertz CT molecular complexity index is 598. The molecule has 2 aromatic rings. The van der Waals surface area contributed by atoms with Gasteiger partial charge < -0.3 is 5.11 Å². The van der Waals surface area contributed by atoms with Crippen LogP contribution in [0.4, 0.5) is 4.39 Å². The van der Waals surface area contributed by atoms with Crippen molar-refractivity contribution in [3.05, 3.63) is 45.4 Å². The summed E-state index contributed by atoms with van der Waals surface area (Å²) in [4.78, 5) is 0. The quantitative estimate of drug-likeness (QED) is 0.865. The molecule has 1 aromatic heterocycles. The second-order valence-electron chi connectivity index (χ2n) is 4.06. The number of hydrogen-bond donors (Lipinski definition) is 1. The second kappa shape index (κ2) is 4.50. The Kier molecular flexibility index (Phi) is 3.31. The molecule has 0 aliphatic heterocycles. The Morgan fingerprint density at radius 3 is 2.56 bits per heavy atom. The smallest absolute Gasteiger partial charge is 0.142 e. The van der Waals surface area contributed by atoms with Crippen LogP contribution in [0.2, 0.25) is 10.0 Å². The van der Waals surface area contributed by atoms with E-state index in [1.807, 2.05) is 0 Å². The summed E-state index contributed by atoms with van der Waals surface area (Å²) in [5.41, 5.74) is -0.914. The molecule has 0 saturated heterocycles. The first-order chi connectivity index (χ1) is 8.34. The first kappa shape index (κ1) is 13.3. The van der Waals surface area contributed by atoms with Gasteiger partial charge in [0.25, 0.3) is 0 Å². The Balaban J connectivity index is 2.61. The lowest BCUT2D eigenvalue weighted by Crippen LogP contribution is -2.26. The van der Waals surface area contributed by atoms with Gasteiger partial charge in [0, 0.05) is 17.6 Å². The fourth-order valence-corrected chi connectivity index (χ4v) is 2.33. The Morgan fingerprint density at radius 2 is 2.00 bits per heavy atom. The van der Waals surface area contributed by atoms with Crippen LogP contribution in [0.1, 0.15) is 18.2 Å². The van der Waals surface area contributed by atoms with E-state index in [0.29, 0.717) is 5.69 Å². The fraction of sp³-hybridized carbons (Fsp3) is 0.273. The zero-order valence-electron chi connectivity index (χ0n) is 9.65. The van der Waals surface area contributed by atoms with Crippen LogP contribution in [-0.2, 0) is 12.6 Å².